The Balaban J connectivity index is 0.000000293. The van der Waals surface area contributed by atoms with Crippen LogP contribution >= 0.6 is 12.6 Å². The van der Waals surface area contributed by atoms with Crippen molar-refractivity contribution in [3.05, 3.63) is 42.5 Å². The average Bonchev–Trinajstić information content (AvgIpc) is 2.20. The molecular formula is C11H10N2S. The number of thiol groups is 1. The van der Waals surface area contributed by atoms with E-state index in [0.717, 1.165) is 11.1 Å². The monoisotopic (exact) mass is 202 g/mol. The number of fused-ring (bicyclic) bond motifs is 1. The first kappa shape index (κ1) is 10.4. The summed E-state index contributed by atoms with van der Waals surface area (Å²) in [5.74, 6) is 0. The van der Waals surface area contributed by atoms with Gasteiger partial charge < -0.3 is 5.73 Å². The molecule has 2 nitrogen and oxygen atoms in total. The zero-order chi connectivity index (χ0) is 10.4. The van der Waals surface area contributed by atoms with Gasteiger partial charge in [0.05, 0.1) is 0 Å². The molecule has 0 spiro atoms. The number of nitriles is 1. The lowest BCUT2D eigenvalue weighted by Crippen LogP contribution is -1.84. The van der Waals surface area contributed by atoms with Crippen molar-refractivity contribution in [2.24, 2.45) is 0 Å². The Morgan fingerprint density at radius 1 is 1.07 bits per heavy atom. The minimum Gasteiger partial charge on any atom is -0.398 e. The number of hydrogen-bond donors (Lipinski definition) is 2. The van der Waals surface area contributed by atoms with Gasteiger partial charge in [0, 0.05) is 11.1 Å². The second kappa shape index (κ2) is 5.15. The van der Waals surface area contributed by atoms with Crippen LogP contribution in [0.4, 0.5) is 5.69 Å². The predicted octanol–water partition coefficient (Wildman–Crippen LogP) is 2.82. The molecule has 70 valence electrons. The van der Waals surface area contributed by atoms with E-state index in [1.165, 1.54) is 10.8 Å². The summed E-state index contributed by atoms with van der Waals surface area (Å²) in [6, 6.07) is 14.1. The summed E-state index contributed by atoms with van der Waals surface area (Å²) < 4.78 is 0. The predicted molar refractivity (Wildman–Crippen MR) is 63.0 cm³/mol. The molecule has 2 rings (SSSR count). The summed E-state index contributed by atoms with van der Waals surface area (Å²) in [5.41, 5.74) is 6.61. The molecule has 2 aromatic rings. The number of rotatable bonds is 0. The molecule has 0 saturated heterocycles. The van der Waals surface area contributed by atoms with Crippen LogP contribution in [0.15, 0.2) is 42.5 Å². The number of nitrogens with two attached hydrogens (primary N) is 1. The SMILES string of the molecule is N#CS.Nc1cccc2ccccc12. The third-order valence-corrected chi connectivity index (χ3v) is 1.82. The van der Waals surface area contributed by atoms with Crippen molar-refractivity contribution in [1.82, 2.24) is 0 Å². The van der Waals surface area contributed by atoms with Gasteiger partial charge in [-0.15, -0.1) is 0 Å². The van der Waals surface area contributed by atoms with Crippen LogP contribution in [0.25, 0.3) is 10.8 Å². The van der Waals surface area contributed by atoms with Crippen LogP contribution in [0.1, 0.15) is 0 Å². The first-order valence-electron chi connectivity index (χ1n) is 4.06. The van der Waals surface area contributed by atoms with Gasteiger partial charge in [-0.25, -0.2) is 0 Å². The number of hydrogen-bond acceptors (Lipinski definition) is 3. The summed E-state index contributed by atoms with van der Waals surface area (Å²) in [6.45, 7) is 0. The summed E-state index contributed by atoms with van der Waals surface area (Å²) >= 11 is 3.09. The van der Waals surface area contributed by atoms with Gasteiger partial charge in [-0.2, -0.15) is 5.26 Å². The zero-order valence-corrected chi connectivity index (χ0v) is 8.41. The van der Waals surface area contributed by atoms with Crippen molar-refractivity contribution in [1.29, 1.82) is 5.26 Å². The van der Waals surface area contributed by atoms with Crippen molar-refractivity contribution < 1.29 is 0 Å². The van der Waals surface area contributed by atoms with E-state index in [-0.39, 0.29) is 0 Å². The lowest BCUT2D eigenvalue weighted by molar-refractivity contribution is 1.57. The molecular weight excluding hydrogens is 192 g/mol. The van der Waals surface area contributed by atoms with Crippen molar-refractivity contribution in [3.8, 4) is 5.40 Å². The van der Waals surface area contributed by atoms with E-state index in [1.807, 2.05) is 30.3 Å². The quantitative estimate of drug-likeness (QED) is 0.392. The maximum Gasteiger partial charge on any atom is 0.130 e. The first-order valence-corrected chi connectivity index (χ1v) is 4.50. The fraction of sp³-hybridized carbons (Fsp3) is 0. The van der Waals surface area contributed by atoms with Gasteiger partial charge >= 0.3 is 0 Å². The number of anilines is 1. The summed E-state index contributed by atoms with van der Waals surface area (Å²) in [5, 5.41) is 11.0. The van der Waals surface area contributed by atoms with Crippen molar-refractivity contribution in [2.75, 3.05) is 5.73 Å². The minimum absolute atomic E-state index is 0.850. The highest BCUT2D eigenvalue weighted by molar-refractivity contribution is 7.85. The highest BCUT2D eigenvalue weighted by atomic mass is 32.1. The van der Waals surface area contributed by atoms with E-state index >= 15 is 0 Å². The lowest BCUT2D eigenvalue weighted by atomic mass is 10.1. The van der Waals surface area contributed by atoms with Crippen molar-refractivity contribution >= 4 is 29.1 Å². The van der Waals surface area contributed by atoms with Crippen LogP contribution in [0.3, 0.4) is 0 Å². The number of nitrogens with zero attached hydrogens (tertiary/aromatic N) is 1. The molecule has 0 aliphatic rings. The van der Waals surface area contributed by atoms with Crippen LogP contribution < -0.4 is 5.73 Å². The van der Waals surface area contributed by atoms with Gasteiger partial charge in [-0.05, 0) is 11.5 Å². The maximum atomic E-state index is 7.18. The molecule has 0 bridgehead atoms. The van der Waals surface area contributed by atoms with Gasteiger partial charge in [0.25, 0.3) is 0 Å². The van der Waals surface area contributed by atoms with Crippen LogP contribution in [-0.2, 0) is 0 Å². The molecule has 3 heteroatoms. The molecule has 0 radical (unpaired) electrons. The van der Waals surface area contributed by atoms with Crippen LogP contribution in [0, 0.1) is 10.7 Å². The van der Waals surface area contributed by atoms with Gasteiger partial charge in [0.1, 0.15) is 5.40 Å². The maximum absolute atomic E-state index is 7.18. The fourth-order valence-electron chi connectivity index (χ4n) is 1.25. The Morgan fingerprint density at radius 3 is 2.29 bits per heavy atom. The molecule has 0 atom stereocenters. The summed E-state index contributed by atoms with van der Waals surface area (Å²) in [4.78, 5) is 0. The second-order valence-electron chi connectivity index (χ2n) is 2.67. The number of benzene rings is 2. The van der Waals surface area contributed by atoms with Gasteiger partial charge in [-0.3, -0.25) is 0 Å². The molecule has 2 N–H and O–H groups in total. The van der Waals surface area contributed by atoms with Crippen molar-refractivity contribution in [2.45, 2.75) is 0 Å². The molecule has 0 aromatic heterocycles. The Bertz CT molecular complexity index is 455. The van der Waals surface area contributed by atoms with E-state index in [4.69, 9.17) is 11.0 Å². The Kier molecular flexibility index (Phi) is 3.84. The van der Waals surface area contributed by atoms with Crippen LogP contribution in [-0.4, -0.2) is 0 Å². The van der Waals surface area contributed by atoms with Crippen molar-refractivity contribution in [3.63, 3.8) is 0 Å². The third-order valence-electron chi connectivity index (χ3n) is 1.82. The zero-order valence-electron chi connectivity index (χ0n) is 7.51. The normalized spacial score (nSPS) is 8.57. The highest BCUT2D eigenvalue weighted by Gasteiger charge is 1.92. The Hall–Kier alpha value is -1.66. The highest BCUT2D eigenvalue weighted by Crippen LogP contribution is 2.19. The van der Waals surface area contributed by atoms with Gasteiger partial charge in [0.15, 0.2) is 0 Å². The standard InChI is InChI=1S/C10H9N.CHNS/c11-10-7-3-5-8-4-1-2-6-9(8)10;2-1-3/h1-7H,11H2;3H. The summed E-state index contributed by atoms with van der Waals surface area (Å²) in [7, 11) is 0. The Labute approximate surface area is 88.4 Å². The largest absolute Gasteiger partial charge is 0.398 e. The van der Waals surface area contributed by atoms with Gasteiger partial charge in [0.2, 0.25) is 0 Å². The first-order chi connectivity index (χ1) is 6.79. The van der Waals surface area contributed by atoms with E-state index in [9.17, 15) is 0 Å². The molecule has 0 heterocycles. The average molecular weight is 202 g/mol. The van der Waals surface area contributed by atoms with E-state index in [1.54, 1.807) is 0 Å². The fourth-order valence-corrected chi connectivity index (χ4v) is 1.25. The molecule has 0 fully saturated rings. The van der Waals surface area contributed by atoms with E-state index in [0.29, 0.717) is 0 Å². The molecule has 0 unspecified atom stereocenters. The smallest absolute Gasteiger partial charge is 0.130 e. The minimum atomic E-state index is 0.850. The topological polar surface area (TPSA) is 49.8 Å². The third kappa shape index (κ3) is 2.41. The molecule has 0 amide bonds. The lowest BCUT2D eigenvalue weighted by Gasteiger charge is -1.98. The van der Waals surface area contributed by atoms with E-state index in [2.05, 4.69) is 24.8 Å². The van der Waals surface area contributed by atoms with E-state index < -0.39 is 0 Å². The molecule has 0 aliphatic carbocycles. The molecule has 2 aromatic carbocycles. The molecule has 0 saturated carbocycles. The molecule has 14 heavy (non-hydrogen) atoms. The number of thiocyanates is 1. The van der Waals surface area contributed by atoms with Crippen LogP contribution in [0.2, 0.25) is 0 Å². The molecule has 0 aliphatic heterocycles. The Morgan fingerprint density at radius 2 is 1.64 bits per heavy atom. The van der Waals surface area contributed by atoms with Crippen LogP contribution in [0.5, 0.6) is 0 Å². The van der Waals surface area contributed by atoms with Gasteiger partial charge in [-0.1, -0.05) is 49.0 Å². The summed E-state index contributed by atoms with van der Waals surface area (Å²) in [6.07, 6.45) is 0. The second-order valence-corrected chi connectivity index (χ2v) is 2.87. The number of nitrogen functional groups attached to an aromatic ring is 1.